The van der Waals surface area contributed by atoms with Gasteiger partial charge in [-0.2, -0.15) is 0 Å². The van der Waals surface area contributed by atoms with E-state index in [9.17, 15) is 14.4 Å². The van der Waals surface area contributed by atoms with E-state index in [1.54, 1.807) is 24.3 Å². The predicted molar refractivity (Wildman–Crippen MR) is 83.0 cm³/mol. The lowest BCUT2D eigenvalue weighted by atomic mass is 10.1. The van der Waals surface area contributed by atoms with Gasteiger partial charge in [-0.1, -0.05) is 12.1 Å². The summed E-state index contributed by atoms with van der Waals surface area (Å²) < 4.78 is 5.32. The molecule has 0 bridgehead atoms. The smallest absolute Gasteiger partial charge is 0.261 e. The van der Waals surface area contributed by atoms with E-state index in [0.29, 0.717) is 43.7 Å². The second-order valence-electron chi connectivity index (χ2n) is 5.92. The van der Waals surface area contributed by atoms with Crippen molar-refractivity contribution in [3.05, 3.63) is 35.4 Å². The highest BCUT2D eigenvalue weighted by atomic mass is 16.5. The van der Waals surface area contributed by atoms with Gasteiger partial charge in [0.1, 0.15) is 0 Å². The third-order valence-electron chi connectivity index (χ3n) is 4.34. The van der Waals surface area contributed by atoms with Crippen molar-refractivity contribution in [3.8, 4) is 0 Å². The first-order valence-electron chi connectivity index (χ1n) is 7.92. The van der Waals surface area contributed by atoms with Crippen molar-refractivity contribution < 1.29 is 19.1 Å². The van der Waals surface area contributed by atoms with Crippen molar-refractivity contribution in [2.24, 2.45) is 0 Å². The van der Waals surface area contributed by atoms with Gasteiger partial charge in [0.05, 0.1) is 30.4 Å². The summed E-state index contributed by atoms with van der Waals surface area (Å²) in [6.07, 6.45) is 0.812. The molecule has 6 nitrogen and oxygen atoms in total. The number of rotatable bonds is 4. The van der Waals surface area contributed by atoms with Crippen LogP contribution >= 0.6 is 0 Å². The Balaban J connectivity index is 1.55. The van der Waals surface area contributed by atoms with Crippen LogP contribution in [0.1, 0.15) is 40.5 Å². The molecule has 0 radical (unpaired) electrons. The Morgan fingerprint density at radius 2 is 1.87 bits per heavy atom. The first-order valence-corrected chi connectivity index (χ1v) is 7.92. The SMILES string of the molecule is CC1COCCN1C(=O)CCCN1C(=O)c2ccccc2C1=O. The number of imide groups is 1. The van der Waals surface area contributed by atoms with Crippen LogP contribution in [-0.2, 0) is 9.53 Å². The van der Waals surface area contributed by atoms with Gasteiger partial charge in [-0.3, -0.25) is 19.3 Å². The molecule has 2 aliphatic rings. The summed E-state index contributed by atoms with van der Waals surface area (Å²) in [7, 11) is 0. The number of carbonyl (C=O) groups is 3. The van der Waals surface area contributed by atoms with Gasteiger partial charge >= 0.3 is 0 Å². The van der Waals surface area contributed by atoms with Crippen molar-refractivity contribution in [3.63, 3.8) is 0 Å². The second-order valence-corrected chi connectivity index (χ2v) is 5.92. The number of hydrogen-bond donors (Lipinski definition) is 0. The molecule has 3 amide bonds. The summed E-state index contributed by atoms with van der Waals surface area (Å²) in [4.78, 5) is 39.8. The van der Waals surface area contributed by atoms with Crippen LogP contribution in [-0.4, -0.2) is 59.9 Å². The molecule has 1 unspecified atom stereocenters. The Hall–Kier alpha value is -2.21. The summed E-state index contributed by atoms with van der Waals surface area (Å²) in [6, 6.07) is 6.90. The molecule has 0 aromatic heterocycles. The van der Waals surface area contributed by atoms with Gasteiger partial charge in [-0.15, -0.1) is 0 Å². The molecule has 6 heteroatoms. The zero-order valence-corrected chi connectivity index (χ0v) is 13.2. The fraction of sp³-hybridized carbons (Fsp3) is 0.471. The van der Waals surface area contributed by atoms with Crippen LogP contribution in [0.15, 0.2) is 24.3 Å². The largest absolute Gasteiger partial charge is 0.377 e. The van der Waals surface area contributed by atoms with Crippen molar-refractivity contribution in [2.75, 3.05) is 26.3 Å². The molecular formula is C17H20N2O4. The minimum Gasteiger partial charge on any atom is -0.377 e. The van der Waals surface area contributed by atoms with E-state index in [1.165, 1.54) is 4.90 Å². The van der Waals surface area contributed by atoms with Crippen LogP contribution in [0.2, 0.25) is 0 Å². The molecule has 1 atom stereocenters. The van der Waals surface area contributed by atoms with Crippen LogP contribution in [0.25, 0.3) is 0 Å². The average molecular weight is 316 g/mol. The summed E-state index contributed by atoms with van der Waals surface area (Å²) in [5.74, 6) is -0.479. The number of carbonyl (C=O) groups excluding carboxylic acids is 3. The molecule has 1 fully saturated rings. The molecule has 0 aliphatic carbocycles. The Labute approximate surface area is 135 Å². The lowest BCUT2D eigenvalue weighted by Crippen LogP contribution is -2.47. The zero-order chi connectivity index (χ0) is 16.4. The number of benzene rings is 1. The van der Waals surface area contributed by atoms with E-state index in [1.807, 2.05) is 11.8 Å². The quantitative estimate of drug-likeness (QED) is 0.786. The maximum Gasteiger partial charge on any atom is 0.261 e. The Kier molecular flexibility index (Phi) is 4.43. The average Bonchev–Trinajstić information content (AvgIpc) is 2.80. The Morgan fingerprint density at radius 3 is 2.48 bits per heavy atom. The molecule has 1 aromatic rings. The lowest BCUT2D eigenvalue weighted by molar-refractivity contribution is -0.139. The molecule has 2 heterocycles. The van der Waals surface area contributed by atoms with E-state index in [2.05, 4.69) is 0 Å². The van der Waals surface area contributed by atoms with Crippen molar-refractivity contribution in [2.45, 2.75) is 25.8 Å². The highest BCUT2D eigenvalue weighted by Gasteiger charge is 2.34. The fourth-order valence-electron chi connectivity index (χ4n) is 3.07. The first kappa shape index (κ1) is 15.7. The molecule has 0 saturated carbocycles. The van der Waals surface area contributed by atoms with Crippen LogP contribution in [0, 0.1) is 0 Å². The van der Waals surface area contributed by atoms with Crippen molar-refractivity contribution in [1.29, 1.82) is 0 Å². The fourth-order valence-corrected chi connectivity index (χ4v) is 3.07. The number of amides is 3. The molecule has 1 saturated heterocycles. The minimum atomic E-state index is -0.266. The van der Waals surface area contributed by atoms with Gasteiger partial charge in [0.25, 0.3) is 11.8 Å². The monoisotopic (exact) mass is 316 g/mol. The van der Waals surface area contributed by atoms with Crippen LogP contribution in [0.4, 0.5) is 0 Å². The number of ether oxygens (including phenoxy) is 1. The van der Waals surface area contributed by atoms with Gasteiger partial charge in [-0.05, 0) is 25.5 Å². The number of morpholine rings is 1. The van der Waals surface area contributed by atoms with Crippen molar-refractivity contribution >= 4 is 17.7 Å². The van der Waals surface area contributed by atoms with Gasteiger partial charge in [0, 0.05) is 19.5 Å². The third-order valence-corrected chi connectivity index (χ3v) is 4.34. The van der Waals surface area contributed by atoms with Gasteiger partial charge < -0.3 is 9.64 Å². The van der Waals surface area contributed by atoms with Crippen LogP contribution in [0.3, 0.4) is 0 Å². The summed E-state index contributed by atoms with van der Waals surface area (Å²) >= 11 is 0. The van der Waals surface area contributed by atoms with E-state index in [4.69, 9.17) is 4.74 Å². The lowest BCUT2D eigenvalue weighted by Gasteiger charge is -2.33. The molecule has 3 rings (SSSR count). The van der Waals surface area contributed by atoms with Crippen LogP contribution in [0.5, 0.6) is 0 Å². The Morgan fingerprint density at radius 1 is 1.22 bits per heavy atom. The highest BCUT2D eigenvalue weighted by Crippen LogP contribution is 2.22. The molecular weight excluding hydrogens is 296 g/mol. The van der Waals surface area contributed by atoms with Crippen LogP contribution < -0.4 is 0 Å². The summed E-state index contributed by atoms with van der Waals surface area (Å²) in [5.41, 5.74) is 0.899. The van der Waals surface area contributed by atoms with E-state index >= 15 is 0 Å². The van der Waals surface area contributed by atoms with Gasteiger partial charge in [-0.25, -0.2) is 0 Å². The van der Waals surface area contributed by atoms with E-state index in [-0.39, 0.29) is 30.3 Å². The molecule has 2 aliphatic heterocycles. The number of fused-ring (bicyclic) bond motifs is 1. The van der Waals surface area contributed by atoms with E-state index in [0.717, 1.165) is 0 Å². The topological polar surface area (TPSA) is 66.9 Å². The maximum atomic E-state index is 12.2. The first-order chi connectivity index (χ1) is 11.1. The van der Waals surface area contributed by atoms with Gasteiger partial charge in [0.15, 0.2) is 0 Å². The zero-order valence-electron chi connectivity index (χ0n) is 13.2. The number of nitrogens with zero attached hydrogens (tertiary/aromatic N) is 2. The number of hydrogen-bond acceptors (Lipinski definition) is 4. The predicted octanol–water partition coefficient (Wildman–Crippen LogP) is 1.31. The van der Waals surface area contributed by atoms with Crippen molar-refractivity contribution in [1.82, 2.24) is 9.80 Å². The highest BCUT2D eigenvalue weighted by molar-refractivity contribution is 6.21. The molecule has 122 valence electrons. The minimum absolute atomic E-state index is 0.0532. The standard InChI is InChI=1S/C17H20N2O4/c1-12-11-23-10-9-18(12)15(20)7-4-8-19-16(21)13-5-2-3-6-14(13)17(19)22/h2-3,5-6,12H,4,7-11H2,1H3. The Bertz CT molecular complexity index is 608. The van der Waals surface area contributed by atoms with E-state index < -0.39 is 0 Å². The molecule has 0 N–H and O–H groups in total. The summed E-state index contributed by atoms with van der Waals surface area (Å²) in [5, 5.41) is 0. The maximum absolute atomic E-state index is 12.2. The third kappa shape index (κ3) is 2.99. The summed E-state index contributed by atoms with van der Waals surface area (Å²) in [6.45, 7) is 3.96. The normalized spacial score (nSPS) is 20.8. The van der Waals surface area contributed by atoms with Gasteiger partial charge in [0.2, 0.25) is 5.91 Å². The second kappa shape index (κ2) is 6.50. The molecule has 1 aromatic carbocycles. The molecule has 0 spiro atoms. The molecule has 23 heavy (non-hydrogen) atoms.